The second kappa shape index (κ2) is 9.76. The molecule has 2 aromatic heterocycles. The summed E-state index contributed by atoms with van der Waals surface area (Å²) in [5, 5.41) is 15.6. The van der Waals surface area contributed by atoms with Crippen molar-refractivity contribution in [1.29, 1.82) is 0 Å². The number of aryl methyl sites for hydroxylation is 1. The monoisotopic (exact) mass is 506 g/mol. The van der Waals surface area contributed by atoms with E-state index < -0.39 is 17.1 Å². The van der Waals surface area contributed by atoms with Crippen molar-refractivity contribution in [2.24, 2.45) is 0 Å². The van der Waals surface area contributed by atoms with Crippen molar-refractivity contribution in [3.63, 3.8) is 0 Å². The quantitative estimate of drug-likeness (QED) is 0.319. The minimum atomic E-state index is -1.09. The molecule has 192 valence electrons. The first-order valence-corrected chi connectivity index (χ1v) is 12.5. The molecule has 0 bridgehead atoms. The number of benzene rings is 3. The smallest absolute Gasteiger partial charge is 0.284 e. The molecule has 0 radical (unpaired) electrons. The second-order valence-corrected chi connectivity index (χ2v) is 10.2. The van der Waals surface area contributed by atoms with Gasteiger partial charge in [-0.1, -0.05) is 42.5 Å². The van der Waals surface area contributed by atoms with Crippen LogP contribution < -0.4 is 10.9 Å². The molecule has 0 aliphatic rings. The Morgan fingerprint density at radius 1 is 0.974 bits per heavy atom. The van der Waals surface area contributed by atoms with Crippen LogP contribution in [0.5, 0.6) is 0 Å². The average molecular weight is 507 g/mol. The van der Waals surface area contributed by atoms with E-state index in [1.54, 1.807) is 43.8 Å². The largest absolute Gasteiger partial charge is 0.389 e. The molecule has 0 atom stereocenters. The Balaban J connectivity index is 1.51. The van der Waals surface area contributed by atoms with Crippen molar-refractivity contribution in [3.05, 3.63) is 112 Å². The SMILES string of the molecule is Cc1cc(NC(=O)c2c(C)n(CC(C)(C)O)n(-c3ccccc3)c2=O)ccc1-c1cccc2cnccc12. The predicted molar refractivity (Wildman–Crippen MR) is 151 cm³/mol. The summed E-state index contributed by atoms with van der Waals surface area (Å²) in [5.74, 6) is -0.491. The third-order valence-corrected chi connectivity index (χ3v) is 6.62. The van der Waals surface area contributed by atoms with Crippen molar-refractivity contribution < 1.29 is 9.90 Å². The van der Waals surface area contributed by atoms with Crippen LogP contribution in [-0.2, 0) is 6.54 Å². The van der Waals surface area contributed by atoms with Crippen molar-refractivity contribution >= 4 is 22.4 Å². The summed E-state index contributed by atoms with van der Waals surface area (Å²) in [6.45, 7) is 7.21. The van der Waals surface area contributed by atoms with Crippen LogP contribution in [0.15, 0.2) is 90.0 Å². The van der Waals surface area contributed by atoms with E-state index in [1.165, 1.54) is 4.68 Å². The highest BCUT2D eigenvalue weighted by atomic mass is 16.3. The van der Waals surface area contributed by atoms with E-state index in [9.17, 15) is 14.7 Å². The summed E-state index contributed by atoms with van der Waals surface area (Å²) in [6, 6.07) is 23.0. The van der Waals surface area contributed by atoms with Crippen LogP contribution in [-0.4, -0.2) is 31.0 Å². The van der Waals surface area contributed by atoms with E-state index in [1.807, 2.05) is 67.7 Å². The topological polar surface area (TPSA) is 89.2 Å². The lowest BCUT2D eigenvalue weighted by atomic mass is 9.95. The number of carbonyl (C=O) groups excluding carboxylic acids is 1. The summed E-state index contributed by atoms with van der Waals surface area (Å²) in [6.07, 6.45) is 3.63. The Kier molecular flexibility index (Phi) is 6.46. The summed E-state index contributed by atoms with van der Waals surface area (Å²) in [4.78, 5) is 31.2. The minimum absolute atomic E-state index is 0.0430. The maximum atomic E-state index is 13.6. The number of anilines is 1. The van der Waals surface area contributed by atoms with Gasteiger partial charge in [0.05, 0.1) is 23.5 Å². The van der Waals surface area contributed by atoms with Crippen LogP contribution in [0.3, 0.4) is 0 Å². The van der Waals surface area contributed by atoms with Crippen LogP contribution >= 0.6 is 0 Å². The molecule has 0 aliphatic heterocycles. The number of para-hydroxylation sites is 1. The molecule has 0 spiro atoms. The maximum Gasteiger partial charge on any atom is 0.284 e. The lowest BCUT2D eigenvalue weighted by Gasteiger charge is -2.22. The van der Waals surface area contributed by atoms with Crippen molar-refractivity contribution in [2.75, 3.05) is 5.32 Å². The van der Waals surface area contributed by atoms with Gasteiger partial charge in [-0.2, -0.15) is 0 Å². The molecule has 0 aliphatic carbocycles. The molecule has 5 aromatic rings. The highest BCUT2D eigenvalue weighted by molar-refractivity contribution is 6.05. The molecular weight excluding hydrogens is 476 g/mol. The fourth-order valence-electron chi connectivity index (χ4n) is 4.89. The van der Waals surface area contributed by atoms with Gasteiger partial charge in [0.15, 0.2) is 0 Å². The Bertz CT molecular complexity index is 1700. The molecule has 5 rings (SSSR count). The predicted octanol–water partition coefficient (Wildman–Crippen LogP) is 5.49. The minimum Gasteiger partial charge on any atom is -0.389 e. The summed E-state index contributed by atoms with van der Waals surface area (Å²) >= 11 is 0. The lowest BCUT2D eigenvalue weighted by Crippen LogP contribution is -2.32. The van der Waals surface area contributed by atoms with Gasteiger partial charge in [0, 0.05) is 23.5 Å². The first-order chi connectivity index (χ1) is 18.1. The molecule has 0 fully saturated rings. The highest BCUT2D eigenvalue weighted by Gasteiger charge is 2.27. The third-order valence-electron chi connectivity index (χ3n) is 6.62. The van der Waals surface area contributed by atoms with E-state index in [0.717, 1.165) is 27.5 Å². The maximum absolute atomic E-state index is 13.6. The van der Waals surface area contributed by atoms with Gasteiger partial charge in [-0.05, 0) is 80.1 Å². The number of aliphatic hydroxyl groups is 1. The summed E-state index contributed by atoms with van der Waals surface area (Å²) in [5.41, 5.74) is 3.35. The van der Waals surface area contributed by atoms with Gasteiger partial charge in [0.25, 0.3) is 11.5 Å². The van der Waals surface area contributed by atoms with Gasteiger partial charge in [-0.15, -0.1) is 0 Å². The number of carbonyl (C=O) groups is 1. The van der Waals surface area contributed by atoms with E-state index in [0.29, 0.717) is 17.1 Å². The average Bonchev–Trinajstić information content (AvgIpc) is 3.12. The Morgan fingerprint density at radius 3 is 2.45 bits per heavy atom. The number of nitrogens with zero attached hydrogens (tertiary/aromatic N) is 3. The fraction of sp³-hybridized carbons (Fsp3) is 0.194. The molecule has 7 nitrogen and oxygen atoms in total. The first-order valence-electron chi connectivity index (χ1n) is 12.5. The second-order valence-electron chi connectivity index (χ2n) is 10.2. The zero-order valence-corrected chi connectivity index (χ0v) is 21.9. The van der Waals surface area contributed by atoms with Crippen LogP contribution in [0.25, 0.3) is 27.6 Å². The molecule has 38 heavy (non-hydrogen) atoms. The lowest BCUT2D eigenvalue weighted by molar-refractivity contribution is 0.0546. The fourth-order valence-corrected chi connectivity index (χ4v) is 4.89. The van der Waals surface area contributed by atoms with Crippen molar-refractivity contribution in [1.82, 2.24) is 14.3 Å². The molecule has 2 heterocycles. The van der Waals surface area contributed by atoms with E-state index >= 15 is 0 Å². The van der Waals surface area contributed by atoms with Gasteiger partial charge in [0.1, 0.15) is 5.56 Å². The molecule has 0 saturated heterocycles. The summed E-state index contributed by atoms with van der Waals surface area (Å²) < 4.78 is 3.11. The highest BCUT2D eigenvalue weighted by Crippen LogP contribution is 2.32. The Hall–Kier alpha value is -4.49. The van der Waals surface area contributed by atoms with Gasteiger partial charge in [-0.25, -0.2) is 4.68 Å². The van der Waals surface area contributed by atoms with E-state index in [2.05, 4.69) is 16.4 Å². The molecule has 7 heteroatoms. The van der Waals surface area contributed by atoms with Gasteiger partial charge in [0.2, 0.25) is 0 Å². The van der Waals surface area contributed by atoms with Crippen molar-refractivity contribution in [2.45, 2.75) is 39.8 Å². The van der Waals surface area contributed by atoms with Crippen LogP contribution in [0, 0.1) is 13.8 Å². The van der Waals surface area contributed by atoms with Crippen LogP contribution in [0.4, 0.5) is 5.69 Å². The number of rotatable bonds is 6. The van der Waals surface area contributed by atoms with E-state index in [4.69, 9.17) is 0 Å². The Labute approximate surface area is 221 Å². The molecular formula is C31H30N4O3. The number of pyridine rings is 1. The third kappa shape index (κ3) is 4.76. The molecule has 0 saturated carbocycles. The normalized spacial score (nSPS) is 11.6. The van der Waals surface area contributed by atoms with E-state index in [-0.39, 0.29) is 12.1 Å². The van der Waals surface area contributed by atoms with Gasteiger partial charge in [-0.3, -0.25) is 19.3 Å². The van der Waals surface area contributed by atoms with Gasteiger partial charge >= 0.3 is 0 Å². The number of hydrogen-bond donors (Lipinski definition) is 2. The summed E-state index contributed by atoms with van der Waals surface area (Å²) in [7, 11) is 0. The molecule has 3 aromatic carbocycles. The number of amides is 1. The zero-order valence-electron chi connectivity index (χ0n) is 21.9. The van der Waals surface area contributed by atoms with Crippen molar-refractivity contribution in [3.8, 4) is 16.8 Å². The standard InChI is InChI=1S/C31H30N4O3/c1-20-17-23(13-14-25(20)27-12-8-9-22-18-32-16-15-26(22)27)33-29(36)28-21(2)34(19-31(3,4)38)35(30(28)37)24-10-6-5-7-11-24/h5-18,38H,19H2,1-4H3,(H,33,36). The number of fused-ring (bicyclic) bond motifs is 1. The molecule has 1 amide bonds. The zero-order chi connectivity index (χ0) is 27.0. The van der Waals surface area contributed by atoms with Crippen LogP contribution in [0.1, 0.15) is 35.5 Å². The number of aromatic nitrogens is 3. The Morgan fingerprint density at radius 2 is 1.74 bits per heavy atom. The first kappa shape index (κ1) is 25.2. The van der Waals surface area contributed by atoms with Crippen LogP contribution in [0.2, 0.25) is 0 Å². The number of nitrogens with one attached hydrogen (secondary N) is 1. The molecule has 2 N–H and O–H groups in total. The van der Waals surface area contributed by atoms with Gasteiger partial charge < -0.3 is 10.4 Å². The number of hydrogen-bond acceptors (Lipinski definition) is 4. The molecule has 0 unspecified atom stereocenters.